The summed E-state index contributed by atoms with van der Waals surface area (Å²) in [6, 6.07) is 13.2. The van der Waals surface area contributed by atoms with Crippen molar-refractivity contribution < 1.29 is 13.6 Å². The normalized spacial score (nSPS) is 16.4. The van der Waals surface area contributed by atoms with Crippen molar-refractivity contribution in [2.45, 2.75) is 22.6 Å². The first-order valence-corrected chi connectivity index (χ1v) is 12.7. The number of halogens is 2. The summed E-state index contributed by atoms with van der Waals surface area (Å²) in [5.41, 5.74) is 2.05. The Kier molecular flexibility index (Phi) is 8.77. The number of amides is 1. The number of para-hydroxylation sites is 1. The van der Waals surface area contributed by atoms with E-state index in [0.717, 1.165) is 73.4 Å². The smallest absolute Gasteiger partial charge is 0.263 e. The predicted molar refractivity (Wildman–Crippen MR) is 133 cm³/mol. The Hall–Kier alpha value is -2.20. The number of hydrogen-bond acceptors (Lipinski definition) is 6. The SMILES string of the molecule is CNCC(=O)NCCN1CCN(CCCN2c3ccccc3Sc3ccc(C(F)F)cc32)CC1. The lowest BCUT2D eigenvalue weighted by Gasteiger charge is -2.36. The lowest BCUT2D eigenvalue weighted by Crippen LogP contribution is -2.49. The number of fused-ring (bicyclic) bond motifs is 2. The third-order valence-electron chi connectivity index (χ3n) is 6.31. The topological polar surface area (TPSA) is 50.9 Å². The molecule has 184 valence electrons. The number of carbonyl (C=O) groups excluding carboxylic acids is 1. The van der Waals surface area contributed by atoms with Gasteiger partial charge < -0.3 is 20.4 Å². The summed E-state index contributed by atoms with van der Waals surface area (Å²) in [6.07, 6.45) is -1.51. The molecule has 0 aliphatic carbocycles. The Morgan fingerprint density at radius 1 is 0.971 bits per heavy atom. The van der Waals surface area contributed by atoms with Gasteiger partial charge in [-0.15, -0.1) is 0 Å². The van der Waals surface area contributed by atoms with Crippen LogP contribution in [0.2, 0.25) is 0 Å². The average molecular weight is 490 g/mol. The van der Waals surface area contributed by atoms with Gasteiger partial charge in [-0.1, -0.05) is 30.0 Å². The fraction of sp³-hybridized carbons (Fsp3) is 0.480. The van der Waals surface area contributed by atoms with Crippen LogP contribution in [0.4, 0.5) is 20.2 Å². The molecule has 0 radical (unpaired) electrons. The third kappa shape index (κ3) is 6.27. The standard InChI is InChI=1S/C25H33F2N5OS/c1-28-18-24(33)29-9-12-31-15-13-30(14-16-31)10-4-11-32-20-5-2-3-6-22(20)34-23-8-7-19(25(26)27)17-21(23)32/h2-3,5-8,17,25,28H,4,9-16,18H2,1H3,(H,29,33). The van der Waals surface area contributed by atoms with Crippen LogP contribution >= 0.6 is 11.8 Å². The Labute approximate surface area is 204 Å². The molecule has 1 fully saturated rings. The first-order chi connectivity index (χ1) is 16.5. The van der Waals surface area contributed by atoms with Gasteiger partial charge in [0.2, 0.25) is 5.91 Å². The lowest BCUT2D eigenvalue weighted by atomic mass is 10.1. The minimum atomic E-state index is -2.47. The van der Waals surface area contributed by atoms with E-state index in [4.69, 9.17) is 0 Å². The summed E-state index contributed by atoms with van der Waals surface area (Å²) in [5.74, 6) is 0.0288. The van der Waals surface area contributed by atoms with Crippen molar-refractivity contribution in [2.24, 2.45) is 0 Å². The molecule has 0 spiro atoms. The molecular weight excluding hydrogens is 456 g/mol. The van der Waals surface area contributed by atoms with Crippen molar-refractivity contribution in [2.75, 3.05) is 70.9 Å². The van der Waals surface area contributed by atoms with Gasteiger partial charge in [0.15, 0.2) is 0 Å². The van der Waals surface area contributed by atoms with Gasteiger partial charge in [-0.3, -0.25) is 9.69 Å². The van der Waals surface area contributed by atoms with Crippen LogP contribution in [0.25, 0.3) is 0 Å². The molecule has 1 saturated heterocycles. The van der Waals surface area contributed by atoms with Crippen LogP contribution in [0.5, 0.6) is 0 Å². The quantitative estimate of drug-likeness (QED) is 0.532. The Morgan fingerprint density at radius 2 is 1.68 bits per heavy atom. The molecule has 4 rings (SSSR count). The highest BCUT2D eigenvalue weighted by atomic mass is 32.2. The fourth-order valence-electron chi connectivity index (χ4n) is 4.49. The zero-order valence-electron chi connectivity index (χ0n) is 19.6. The van der Waals surface area contributed by atoms with Crippen molar-refractivity contribution in [3.63, 3.8) is 0 Å². The second kappa shape index (κ2) is 12.0. The fourth-order valence-corrected chi connectivity index (χ4v) is 5.56. The maximum absolute atomic E-state index is 13.4. The number of rotatable bonds is 10. The number of piperazine rings is 1. The highest BCUT2D eigenvalue weighted by Gasteiger charge is 2.25. The van der Waals surface area contributed by atoms with Crippen molar-refractivity contribution in [1.82, 2.24) is 20.4 Å². The molecule has 0 aromatic heterocycles. The molecule has 2 aliphatic heterocycles. The zero-order valence-corrected chi connectivity index (χ0v) is 20.4. The van der Waals surface area contributed by atoms with E-state index in [0.29, 0.717) is 13.1 Å². The first-order valence-electron chi connectivity index (χ1n) is 11.9. The third-order valence-corrected chi connectivity index (χ3v) is 7.44. The van der Waals surface area contributed by atoms with E-state index in [1.165, 1.54) is 6.07 Å². The van der Waals surface area contributed by atoms with Crippen molar-refractivity contribution in [1.29, 1.82) is 0 Å². The van der Waals surface area contributed by atoms with E-state index in [1.807, 2.05) is 18.2 Å². The number of hydrogen-bond donors (Lipinski definition) is 2. The Balaban J connectivity index is 1.29. The van der Waals surface area contributed by atoms with Crippen LogP contribution in [0.15, 0.2) is 52.3 Å². The van der Waals surface area contributed by atoms with Crippen LogP contribution in [0.3, 0.4) is 0 Å². The molecule has 0 unspecified atom stereocenters. The maximum atomic E-state index is 13.4. The Bertz CT molecular complexity index is 968. The zero-order chi connectivity index (χ0) is 23.9. The van der Waals surface area contributed by atoms with Gasteiger partial charge in [-0.05, 0) is 44.3 Å². The maximum Gasteiger partial charge on any atom is 0.263 e. The van der Waals surface area contributed by atoms with Crippen molar-refractivity contribution in [3.8, 4) is 0 Å². The largest absolute Gasteiger partial charge is 0.354 e. The number of likely N-dealkylation sites (N-methyl/N-ethyl adjacent to an activating group) is 1. The second-order valence-corrected chi connectivity index (χ2v) is 9.75. The molecule has 2 aromatic rings. The summed E-state index contributed by atoms with van der Waals surface area (Å²) in [7, 11) is 1.77. The van der Waals surface area contributed by atoms with Gasteiger partial charge >= 0.3 is 0 Å². The summed E-state index contributed by atoms with van der Waals surface area (Å²) in [6.45, 7) is 7.64. The number of anilines is 2. The van der Waals surface area contributed by atoms with Gasteiger partial charge in [0.1, 0.15) is 0 Å². The van der Waals surface area contributed by atoms with E-state index in [1.54, 1.807) is 24.9 Å². The number of alkyl halides is 2. The highest BCUT2D eigenvalue weighted by Crippen LogP contribution is 2.48. The molecule has 1 amide bonds. The first kappa shape index (κ1) is 24.9. The number of nitrogens with one attached hydrogen (secondary N) is 2. The average Bonchev–Trinajstić information content (AvgIpc) is 2.84. The van der Waals surface area contributed by atoms with E-state index < -0.39 is 6.43 Å². The monoisotopic (exact) mass is 489 g/mol. The van der Waals surface area contributed by atoms with E-state index in [2.05, 4.69) is 37.5 Å². The summed E-state index contributed by atoms with van der Waals surface area (Å²) in [4.78, 5) is 20.8. The van der Waals surface area contributed by atoms with Gasteiger partial charge in [-0.25, -0.2) is 8.78 Å². The summed E-state index contributed by atoms with van der Waals surface area (Å²) >= 11 is 1.65. The summed E-state index contributed by atoms with van der Waals surface area (Å²) in [5, 5.41) is 5.78. The molecule has 6 nitrogen and oxygen atoms in total. The van der Waals surface area contributed by atoms with Crippen LogP contribution < -0.4 is 15.5 Å². The van der Waals surface area contributed by atoms with Crippen molar-refractivity contribution >= 4 is 29.0 Å². The van der Waals surface area contributed by atoms with Gasteiger partial charge in [0.25, 0.3) is 6.43 Å². The molecular formula is C25H33F2N5OS. The van der Waals surface area contributed by atoms with E-state index >= 15 is 0 Å². The minimum Gasteiger partial charge on any atom is -0.354 e. The van der Waals surface area contributed by atoms with Crippen LogP contribution in [0, 0.1) is 0 Å². The molecule has 2 aromatic carbocycles. The second-order valence-electron chi connectivity index (χ2n) is 8.67. The molecule has 2 heterocycles. The number of benzene rings is 2. The number of nitrogens with zero attached hydrogens (tertiary/aromatic N) is 3. The van der Waals surface area contributed by atoms with Gasteiger partial charge in [0, 0.05) is 61.2 Å². The molecule has 0 bridgehead atoms. The van der Waals surface area contributed by atoms with Crippen LogP contribution in [0.1, 0.15) is 18.4 Å². The minimum absolute atomic E-state index is 0.0288. The van der Waals surface area contributed by atoms with E-state index in [9.17, 15) is 13.6 Å². The summed E-state index contributed by atoms with van der Waals surface area (Å²) < 4.78 is 26.8. The molecule has 9 heteroatoms. The predicted octanol–water partition coefficient (Wildman–Crippen LogP) is 3.57. The lowest BCUT2D eigenvalue weighted by molar-refractivity contribution is -0.120. The molecule has 2 N–H and O–H groups in total. The van der Waals surface area contributed by atoms with E-state index in [-0.39, 0.29) is 11.5 Å². The molecule has 34 heavy (non-hydrogen) atoms. The van der Waals surface area contributed by atoms with Crippen LogP contribution in [-0.2, 0) is 4.79 Å². The molecule has 0 atom stereocenters. The Morgan fingerprint density at radius 3 is 2.41 bits per heavy atom. The number of carbonyl (C=O) groups is 1. The molecule has 0 saturated carbocycles. The van der Waals surface area contributed by atoms with Crippen LogP contribution in [-0.4, -0.2) is 81.7 Å². The highest BCUT2D eigenvalue weighted by molar-refractivity contribution is 7.99. The van der Waals surface area contributed by atoms with Gasteiger partial charge in [0.05, 0.1) is 17.9 Å². The van der Waals surface area contributed by atoms with Crippen molar-refractivity contribution in [3.05, 3.63) is 48.0 Å². The van der Waals surface area contributed by atoms with Gasteiger partial charge in [-0.2, -0.15) is 0 Å². The molecule has 2 aliphatic rings.